The Balaban J connectivity index is 0.00000169. The minimum absolute atomic E-state index is 0. The maximum absolute atomic E-state index is 11.0. The average molecular weight is 240 g/mol. The molecular weight excluding hydrogens is 226 g/mol. The quantitative estimate of drug-likeness (QED) is 0.851. The first kappa shape index (κ1) is 13.5. The Labute approximate surface area is 89.8 Å². The number of hydrogen-bond donors (Lipinski definition) is 1. The highest BCUT2D eigenvalue weighted by Gasteiger charge is 2.11. The molecule has 0 aliphatic heterocycles. The topological polar surface area (TPSA) is 73.3 Å². The van der Waals surface area contributed by atoms with Gasteiger partial charge in [0.15, 0.2) is 0 Å². The SMILES string of the molecule is CS(=O)(=O)c1ccc(CCCN)o1.Cl. The lowest BCUT2D eigenvalue weighted by atomic mass is 10.2. The van der Waals surface area contributed by atoms with E-state index >= 15 is 0 Å². The van der Waals surface area contributed by atoms with Gasteiger partial charge in [0.2, 0.25) is 14.9 Å². The van der Waals surface area contributed by atoms with Crippen molar-refractivity contribution >= 4 is 22.2 Å². The molecule has 0 unspecified atom stereocenters. The molecule has 4 nitrogen and oxygen atoms in total. The highest BCUT2D eigenvalue weighted by molar-refractivity contribution is 7.90. The van der Waals surface area contributed by atoms with Gasteiger partial charge in [-0.3, -0.25) is 0 Å². The van der Waals surface area contributed by atoms with Crippen LogP contribution in [0.4, 0.5) is 0 Å². The van der Waals surface area contributed by atoms with Gasteiger partial charge in [-0.2, -0.15) is 0 Å². The average Bonchev–Trinajstić information content (AvgIpc) is 2.47. The molecule has 0 aliphatic rings. The third-order valence-corrected chi connectivity index (χ3v) is 2.58. The van der Waals surface area contributed by atoms with Gasteiger partial charge in [0.1, 0.15) is 5.76 Å². The van der Waals surface area contributed by atoms with Crippen LogP contribution in [-0.4, -0.2) is 21.2 Å². The predicted octanol–water partition coefficient (Wildman–Crippen LogP) is 0.996. The Morgan fingerprint density at radius 2 is 2.07 bits per heavy atom. The van der Waals surface area contributed by atoms with Gasteiger partial charge in [0.05, 0.1) is 0 Å². The van der Waals surface area contributed by atoms with Crippen molar-refractivity contribution < 1.29 is 12.8 Å². The third-order valence-electron chi connectivity index (χ3n) is 1.63. The fraction of sp³-hybridized carbons (Fsp3) is 0.500. The third kappa shape index (κ3) is 3.69. The van der Waals surface area contributed by atoms with Crippen molar-refractivity contribution in [1.29, 1.82) is 0 Å². The zero-order chi connectivity index (χ0) is 9.90. The summed E-state index contributed by atoms with van der Waals surface area (Å²) in [7, 11) is -3.20. The number of furan rings is 1. The molecule has 0 fully saturated rings. The van der Waals surface area contributed by atoms with E-state index in [4.69, 9.17) is 10.2 Å². The van der Waals surface area contributed by atoms with E-state index in [9.17, 15) is 8.42 Å². The molecule has 1 heterocycles. The smallest absolute Gasteiger partial charge is 0.217 e. The molecule has 1 rings (SSSR count). The maximum Gasteiger partial charge on any atom is 0.217 e. The first-order chi connectivity index (χ1) is 6.04. The Kier molecular flexibility index (Phi) is 5.18. The standard InChI is InChI=1S/C8H13NO3S.ClH/c1-13(10,11)8-5-4-7(12-8)3-2-6-9;/h4-5H,2-3,6,9H2,1H3;1H. The molecule has 6 heteroatoms. The van der Waals surface area contributed by atoms with Crippen LogP contribution in [0, 0.1) is 0 Å². The monoisotopic (exact) mass is 239 g/mol. The van der Waals surface area contributed by atoms with Gasteiger partial charge in [-0.05, 0) is 25.1 Å². The number of sulfone groups is 1. The zero-order valence-corrected chi connectivity index (χ0v) is 9.53. The predicted molar refractivity (Wildman–Crippen MR) is 56.4 cm³/mol. The summed E-state index contributed by atoms with van der Waals surface area (Å²) in [4.78, 5) is 0. The molecule has 0 aromatic carbocycles. The molecule has 0 saturated heterocycles. The van der Waals surface area contributed by atoms with Gasteiger partial charge < -0.3 is 10.2 Å². The molecule has 2 N–H and O–H groups in total. The van der Waals surface area contributed by atoms with Gasteiger partial charge in [0.25, 0.3) is 0 Å². The van der Waals surface area contributed by atoms with Gasteiger partial charge in [-0.1, -0.05) is 0 Å². The molecule has 0 spiro atoms. The molecule has 0 bridgehead atoms. The summed E-state index contributed by atoms with van der Waals surface area (Å²) in [5.74, 6) is 0.672. The van der Waals surface area contributed by atoms with Crippen molar-refractivity contribution in [3.8, 4) is 0 Å². The van der Waals surface area contributed by atoms with Crippen LogP contribution in [0.25, 0.3) is 0 Å². The molecule has 14 heavy (non-hydrogen) atoms. The van der Waals surface area contributed by atoms with E-state index in [2.05, 4.69) is 0 Å². The lowest BCUT2D eigenvalue weighted by Crippen LogP contribution is -1.99. The zero-order valence-electron chi connectivity index (χ0n) is 7.89. The molecule has 1 aromatic heterocycles. The van der Waals surface area contributed by atoms with Crippen LogP contribution in [0.1, 0.15) is 12.2 Å². The molecule has 0 radical (unpaired) electrons. The van der Waals surface area contributed by atoms with E-state index in [1.54, 1.807) is 6.07 Å². The minimum atomic E-state index is -3.20. The van der Waals surface area contributed by atoms with Crippen molar-refractivity contribution in [3.63, 3.8) is 0 Å². The number of nitrogens with two attached hydrogens (primary N) is 1. The number of halogens is 1. The van der Waals surface area contributed by atoms with E-state index in [-0.39, 0.29) is 17.5 Å². The van der Waals surface area contributed by atoms with Crippen LogP contribution in [0.5, 0.6) is 0 Å². The van der Waals surface area contributed by atoms with Crippen molar-refractivity contribution in [2.45, 2.75) is 17.9 Å². The first-order valence-electron chi connectivity index (χ1n) is 4.03. The second-order valence-electron chi connectivity index (χ2n) is 2.89. The largest absolute Gasteiger partial charge is 0.450 e. The second-order valence-corrected chi connectivity index (χ2v) is 4.83. The highest BCUT2D eigenvalue weighted by Crippen LogP contribution is 2.14. The summed E-state index contributed by atoms with van der Waals surface area (Å²) in [5, 5.41) is 0.0273. The summed E-state index contributed by atoms with van der Waals surface area (Å²) in [6.07, 6.45) is 2.61. The second kappa shape index (κ2) is 5.38. The number of aryl methyl sites for hydroxylation is 1. The number of rotatable bonds is 4. The molecule has 1 aromatic rings. The van der Waals surface area contributed by atoms with E-state index in [1.807, 2.05) is 0 Å². The van der Waals surface area contributed by atoms with Crippen molar-refractivity contribution in [2.75, 3.05) is 12.8 Å². The van der Waals surface area contributed by atoms with E-state index < -0.39 is 9.84 Å². The van der Waals surface area contributed by atoms with Gasteiger partial charge >= 0.3 is 0 Å². The Morgan fingerprint density at radius 3 is 2.50 bits per heavy atom. The first-order valence-corrected chi connectivity index (χ1v) is 5.92. The molecule has 0 amide bonds. The van der Waals surface area contributed by atoms with Crippen LogP contribution < -0.4 is 5.73 Å². The van der Waals surface area contributed by atoms with E-state index in [0.717, 1.165) is 12.7 Å². The number of hydrogen-bond acceptors (Lipinski definition) is 4. The van der Waals surface area contributed by atoms with Crippen LogP contribution in [0.15, 0.2) is 21.6 Å². The van der Waals surface area contributed by atoms with Crippen LogP contribution in [-0.2, 0) is 16.3 Å². The maximum atomic E-state index is 11.0. The fourth-order valence-electron chi connectivity index (χ4n) is 0.968. The molecule has 0 aliphatic carbocycles. The van der Waals surface area contributed by atoms with Crippen LogP contribution in [0.2, 0.25) is 0 Å². The van der Waals surface area contributed by atoms with Crippen molar-refractivity contribution in [2.24, 2.45) is 5.73 Å². The normalized spacial score (nSPS) is 11.0. The highest BCUT2D eigenvalue weighted by atomic mass is 35.5. The van der Waals surface area contributed by atoms with Crippen LogP contribution in [0.3, 0.4) is 0 Å². The summed E-state index contributed by atoms with van der Waals surface area (Å²) in [5.41, 5.74) is 5.31. The Bertz CT molecular complexity index is 372. The molecule has 82 valence electrons. The van der Waals surface area contributed by atoms with Gasteiger partial charge in [-0.15, -0.1) is 12.4 Å². The fourth-order valence-corrected chi connectivity index (χ4v) is 1.54. The van der Waals surface area contributed by atoms with E-state index in [1.165, 1.54) is 6.07 Å². The van der Waals surface area contributed by atoms with Crippen molar-refractivity contribution in [1.82, 2.24) is 0 Å². The Hall–Kier alpha value is -0.520. The van der Waals surface area contributed by atoms with Crippen LogP contribution >= 0.6 is 12.4 Å². The summed E-state index contributed by atoms with van der Waals surface area (Å²) in [6.45, 7) is 0.578. The summed E-state index contributed by atoms with van der Waals surface area (Å²) >= 11 is 0. The minimum Gasteiger partial charge on any atom is -0.450 e. The summed E-state index contributed by atoms with van der Waals surface area (Å²) < 4.78 is 27.1. The molecule has 0 saturated carbocycles. The lowest BCUT2D eigenvalue weighted by Gasteiger charge is -1.93. The van der Waals surface area contributed by atoms with Gasteiger partial charge in [0, 0.05) is 12.7 Å². The van der Waals surface area contributed by atoms with Crippen molar-refractivity contribution in [3.05, 3.63) is 17.9 Å². The molecular formula is C8H14ClNO3S. The van der Waals surface area contributed by atoms with E-state index in [0.29, 0.717) is 18.7 Å². The summed E-state index contributed by atoms with van der Waals surface area (Å²) in [6, 6.07) is 3.15. The lowest BCUT2D eigenvalue weighted by molar-refractivity contribution is 0.413. The van der Waals surface area contributed by atoms with Gasteiger partial charge in [-0.25, -0.2) is 8.42 Å². The Morgan fingerprint density at radius 1 is 1.43 bits per heavy atom. The molecule has 0 atom stereocenters.